The summed E-state index contributed by atoms with van der Waals surface area (Å²) in [5, 5.41) is 0. The third kappa shape index (κ3) is 17.4. The summed E-state index contributed by atoms with van der Waals surface area (Å²) in [6.45, 7) is 5.37. The first-order valence-corrected chi connectivity index (χ1v) is 7.98. The summed E-state index contributed by atoms with van der Waals surface area (Å²) in [5.74, 6) is -0.234. The molecule has 0 aromatic carbocycles. The Kier molecular flexibility index (Phi) is 15.0. The van der Waals surface area contributed by atoms with Crippen LogP contribution in [0, 0.1) is 0 Å². The van der Waals surface area contributed by atoms with Crippen LogP contribution in [-0.4, -0.2) is 25.8 Å². The molecule has 114 valence electrons. The minimum atomic E-state index is -0.234. The SMILES string of the molecule is CCCCCCCCCCCCOCCOC(C)=O. The standard InChI is InChI=1S/C16H32O3/c1-3-4-5-6-7-8-9-10-11-12-13-18-14-15-19-16(2)17/h3-15H2,1-2H3. The average Bonchev–Trinajstić information content (AvgIpc) is 2.39. The van der Waals surface area contributed by atoms with Gasteiger partial charge in [0.05, 0.1) is 6.61 Å². The van der Waals surface area contributed by atoms with Crippen LogP contribution in [0.2, 0.25) is 0 Å². The number of carbonyl (C=O) groups is 1. The molecule has 0 amide bonds. The average molecular weight is 272 g/mol. The van der Waals surface area contributed by atoms with Gasteiger partial charge in [-0.2, -0.15) is 0 Å². The Bertz CT molecular complexity index is 192. The molecule has 0 aliphatic heterocycles. The Morgan fingerprint density at radius 3 is 1.79 bits per heavy atom. The number of rotatable bonds is 14. The molecule has 0 unspecified atom stereocenters. The van der Waals surface area contributed by atoms with Gasteiger partial charge in [-0.05, 0) is 6.42 Å². The van der Waals surface area contributed by atoms with Crippen LogP contribution < -0.4 is 0 Å². The fourth-order valence-electron chi connectivity index (χ4n) is 2.04. The van der Waals surface area contributed by atoms with Gasteiger partial charge in [0.25, 0.3) is 0 Å². The second-order valence-corrected chi connectivity index (χ2v) is 5.13. The molecule has 0 aromatic heterocycles. The van der Waals surface area contributed by atoms with Gasteiger partial charge >= 0.3 is 5.97 Å². The molecule has 0 heterocycles. The predicted molar refractivity (Wildman–Crippen MR) is 79.3 cm³/mol. The van der Waals surface area contributed by atoms with E-state index in [-0.39, 0.29) is 5.97 Å². The van der Waals surface area contributed by atoms with E-state index in [1.165, 1.54) is 64.7 Å². The normalized spacial score (nSPS) is 10.6. The zero-order valence-electron chi connectivity index (χ0n) is 12.9. The van der Waals surface area contributed by atoms with Crippen molar-refractivity contribution in [3.8, 4) is 0 Å². The number of hydrogen-bond donors (Lipinski definition) is 0. The zero-order valence-corrected chi connectivity index (χ0v) is 12.9. The molecule has 0 N–H and O–H groups in total. The Morgan fingerprint density at radius 2 is 1.26 bits per heavy atom. The Morgan fingerprint density at radius 1 is 0.737 bits per heavy atom. The molecule has 0 saturated heterocycles. The second kappa shape index (κ2) is 15.5. The van der Waals surface area contributed by atoms with Crippen molar-refractivity contribution in [2.75, 3.05) is 19.8 Å². The van der Waals surface area contributed by atoms with Crippen molar-refractivity contribution >= 4 is 5.97 Å². The van der Waals surface area contributed by atoms with Crippen molar-refractivity contribution < 1.29 is 14.3 Å². The Balaban J connectivity index is 2.93. The number of unbranched alkanes of at least 4 members (excludes halogenated alkanes) is 9. The fourth-order valence-corrected chi connectivity index (χ4v) is 2.04. The highest BCUT2D eigenvalue weighted by atomic mass is 16.6. The lowest BCUT2D eigenvalue weighted by molar-refractivity contribution is -0.142. The van der Waals surface area contributed by atoms with Crippen LogP contribution in [0.5, 0.6) is 0 Å². The van der Waals surface area contributed by atoms with Gasteiger partial charge in [0.15, 0.2) is 0 Å². The summed E-state index contributed by atoms with van der Waals surface area (Å²) in [6, 6.07) is 0. The molecule has 0 saturated carbocycles. The number of ether oxygens (including phenoxy) is 2. The molecule has 0 spiro atoms. The smallest absolute Gasteiger partial charge is 0.302 e. The lowest BCUT2D eigenvalue weighted by atomic mass is 10.1. The summed E-state index contributed by atoms with van der Waals surface area (Å²) in [5.41, 5.74) is 0. The van der Waals surface area contributed by atoms with Crippen LogP contribution in [0.4, 0.5) is 0 Å². The van der Waals surface area contributed by atoms with Gasteiger partial charge in [-0.3, -0.25) is 4.79 Å². The van der Waals surface area contributed by atoms with Gasteiger partial charge in [-0.15, -0.1) is 0 Å². The van der Waals surface area contributed by atoms with Gasteiger partial charge in [-0.1, -0.05) is 64.7 Å². The highest BCUT2D eigenvalue weighted by molar-refractivity contribution is 5.65. The van der Waals surface area contributed by atoms with E-state index >= 15 is 0 Å². The van der Waals surface area contributed by atoms with E-state index in [0.29, 0.717) is 13.2 Å². The van der Waals surface area contributed by atoms with Gasteiger partial charge in [-0.25, -0.2) is 0 Å². The molecular weight excluding hydrogens is 240 g/mol. The van der Waals surface area contributed by atoms with Crippen molar-refractivity contribution in [2.24, 2.45) is 0 Å². The molecule has 0 bridgehead atoms. The predicted octanol–water partition coefficient (Wildman–Crippen LogP) is 4.49. The van der Waals surface area contributed by atoms with Crippen molar-refractivity contribution in [3.05, 3.63) is 0 Å². The molecule has 0 aliphatic carbocycles. The molecule has 0 aromatic rings. The summed E-state index contributed by atoms with van der Waals surface area (Å²) in [6.07, 6.45) is 13.4. The zero-order chi connectivity index (χ0) is 14.2. The van der Waals surface area contributed by atoms with Gasteiger partial charge in [0.1, 0.15) is 6.61 Å². The molecular formula is C16H32O3. The van der Waals surface area contributed by atoms with Crippen LogP contribution >= 0.6 is 0 Å². The first kappa shape index (κ1) is 18.4. The van der Waals surface area contributed by atoms with Crippen molar-refractivity contribution in [2.45, 2.75) is 78.1 Å². The van der Waals surface area contributed by atoms with Crippen LogP contribution in [0.3, 0.4) is 0 Å². The van der Waals surface area contributed by atoms with Crippen molar-refractivity contribution in [3.63, 3.8) is 0 Å². The molecule has 19 heavy (non-hydrogen) atoms. The highest BCUT2D eigenvalue weighted by Crippen LogP contribution is 2.10. The summed E-state index contributed by atoms with van der Waals surface area (Å²) in [7, 11) is 0. The quantitative estimate of drug-likeness (QED) is 0.345. The molecule has 3 heteroatoms. The van der Waals surface area contributed by atoms with Gasteiger partial charge in [0.2, 0.25) is 0 Å². The Labute approximate surface area is 119 Å². The van der Waals surface area contributed by atoms with E-state index < -0.39 is 0 Å². The second-order valence-electron chi connectivity index (χ2n) is 5.13. The number of esters is 1. The van der Waals surface area contributed by atoms with E-state index in [4.69, 9.17) is 9.47 Å². The van der Waals surface area contributed by atoms with Gasteiger partial charge in [0, 0.05) is 13.5 Å². The third-order valence-corrected chi connectivity index (χ3v) is 3.18. The summed E-state index contributed by atoms with van der Waals surface area (Å²) in [4.78, 5) is 10.5. The van der Waals surface area contributed by atoms with E-state index in [9.17, 15) is 4.79 Å². The molecule has 0 fully saturated rings. The van der Waals surface area contributed by atoms with Crippen molar-refractivity contribution in [1.82, 2.24) is 0 Å². The number of hydrogen-bond acceptors (Lipinski definition) is 3. The molecule has 3 nitrogen and oxygen atoms in total. The van der Waals surface area contributed by atoms with E-state index in [2.05, 4.69) is 6.92 Å². The number of carbonyl (C=O) groups excluding carboxylic acids is 1. The molecule has 0 rings (SSSR count). The minimum Gasteiger partial charge on any atom is -0.463 e. The lowest BCUT2D eigenvalue weighted by Gasteiger charge is -2.05. The third-order valence-electron chi connectivity index (χ3n) is 3.18. The Hall–Kier alpha value is -0.570. The van der Waals surface area contributed by atoms with E-state index in [1.54, 1.807) is 0 Å². The first-order chi connectivity index (χ1) is 9.27. The molecule has 0 atom stereocenters. The van der Waals surface area contributed by atoms with Crippen LogP contribution in [0.25, 0.3) is 0 Å². The largest absolute Gasteiger partial charge is 0.463 e. The van der Waals surface area contributed by atoms with E-state index in [1.807, 2.05) is 0 Å². The fraction of sp³-hybridized carbons (Fsp3) is 0.938. The van der Waals surface area contributed by atoms with Crippen LogP contribution in [-0.2, 0) is 14.3 Å². The van der Waals surface area contributed by atoms with E-state index in [0.717, 1.165) is 13.0 Å². The van der Waals surface area contributed by atoms with Crippen molar-refractivity contribution in [1.29, 1.82) is 0 Å². The van der Waals surface area contributed by atoms with Crippen LogP contribution in [0.15, 0.2) is 0 Å². The topological polar surface area (TPSA) is 35.5 Å². The maximum Gasteiger partial charge on any atom is 0.302 e. The van der Waals surface area contributed by atoms with Gasteiger partial charge < -0.3 is 9.47 Å². The minimum absolute atomic E-state index is 0.234. The molecule has 0 radical (unpaired) electrons. The van der Waals surface area contributed by atoms with Crippen LogP contribution in [0.1, 0.15) is 78.1 Å². The maximum atomic E-state index is 10.5. The summed E-state index contributed by atoms with van der Waals surface area (Å²) < 4.78 is 10.2. The maximum absolute atomic E-state index is 10.5. The summed E-state index contributed by atoms with van der Waals surface area (Å²) >= 11 is 0. The lowest BCUT2D eigenvalue weighted by Crippen LogP contribution is -2.08. The highest BCUT2D eigenvalue weighted by Gasteiger charge is 1.94. The first-order valence-electron chi connectivity index (χ1n) is 7.98. The monoisotopic (exact) mass is 272 g/mol. The molecule has 0 aliphatic rings.